The molecule has 0 bridgehead atoms. The molecule has 0 atom stereocenters. The Morgan fingerprint density at radius 3 is 2.58 bits per heavy atom. The van der Waals surface area contributed by atoms with Crippen molar-refractivity contribution in [3.63, 3.8) is 0 Å². The quantitative estimate of drug-likeness (QED) is 0.525. The van der Waals surface area contributed by atoms with Gasteiger partial charge >= 0.3 is 12.1 Å². The van der Waals surface area contributed by atoms with Gasteiger partial charge in [-0.15, -0.1) is 0 Å². The Morgan fingerprint density at radius 2 is 1.90 bits per heavy atom. The number of halogens is 4. The number of esters is 1. The molecule has 3 N–H and O–H groups in total. The van der Waals surface area contributed by atoms with Gasteiger partial charge in [-0.2, -0.15) is 13.2 Å². The molecule has 0 saturated carbocycles. The maximum Gasteiger partial charge on any atom is 0.416 e. The number of methoxy groups -OCH3 is 1. The van der Waals surface area contributed by atoms with E-state index in [9.17, 15) is 18.0 Å². The van der Waals surface area contributed by atoms with Crippen molar-refractivity contribution in [2.24, 2.45) is 0 Å². The molecule has 7 nitrogen and oxygen atoms in total. The van der Waals surface area contributed by atoms with Crippen molar-refractivity contribution in [1.82, 2.24) is 9.97 Å². The molecule has 0 aliphatic rings. The zero-order valence-corrected chi connectivity index (χ0v) is 17.1. The summed E-state index contributed by atoms with van der Waals surface area (Å²) in [4.78, 5) is 21.8. The number of alkyl halides is 3. The molecular formula is C20H17ClF3N5O2. The van der Waals surface area contributed by atoms with Crippen LogP contribution in [0.2, 0.25) is 5.02 Å². The van der Waals surface area contributed by atoms with Gasteiger partial charge in [0.2, 0.25) is 0 Å². The number of nitrogens with one attached hydrogen (secondary N) is 1. The third-order valence-corrected chi connectivity index (χ3v) is 4.73. The van der Waals surface area contributed by atoms with Crippen LogP contribution >= 0.6 is 11.6 Å². The summed E-state index contributed by atoms with van der Waals surface area (Å²) in [7, 11) is 2.89. The third kappa shape index (κ3) is 4.64. The molecule has 162 valence electrons. The monoisotopic (exact) mass is 451 g/mol. The lowest BCUT2D eigenvalue weighted by Gasteiger charge is -2.23. The van der Waals surface area contributed by atoms with E-state index in [0.717, 1.165) is 18.2 Å². The Balaban J connectivity index is 2.00. The molecule has 0 aliphatic carbocycles. The first-order chi connectivity index (χ1) is 14.6. The number of ether oxygens (including phenoxy) is 1. The lowest BCUT2D eigenvalue weighted by molar-refractivity contribution is -0.137. The SMILES string of the molecule is COC(=O)c1ccccc1N(C)c1ncnc(Nc2cc(C(F)(F)F)ccc2Cl)c1N. The van der Waals surface area contributed by atoms with Crippen molar-refractivity contribution in [2.75, 3.05) is 30.1 Å². The number of carbonyl (C=O) groups excluding carboxylic acids is 1. The van der Waals surface area contributed by atoms with E-state index >= 15 is 0 Å². The summed E-state index contributed by atoms with van der Waals surface area (Å²) >= 11 is 6.04. The van der Waals surface area contributed by atoms with E-state index in [0.29, 0.717) is 5.69 Å². The summed E-state index contributed by atoms with van der Waals surface area (Å²) in [5.74, 6) is -0.283. The molecule has 0 unspecified atom stereocenters. The van der Waals surface area contributed by atoms with Crippen molar-refractivity contribution in [3.05, 3.63) is 64.9 Å². The number of nitrogens with zero attached hydrogens (tertiary/aromatic N) is 3. The van der Waals surface area contributed by atoms with E-state index in [4.69, 9.17) is 22.1 Å². The Hall–Kier alpha value is -3.53. The van der Waals surface area contributed by atoms with Crippen molar-refractivity contribution in [1.29, 1.82) is 0 Å². The van der Waals surface area contributed by atoms with Gasteiger partial charge in [-0.05, 0) is 30.3 Å². The van der Waals surface area contributed by atoms with Gasteiger partial charge in [0.05, 0.1) is 34.6 Å². The first-order valence-electron chi connectivity index (χ1n) is 8.78. The predicted molar refractivity (Wildman–Crippen MR) is 112 cm³/mol. The topological polar surface area (TPSA) is 93.4 Å². The number of rotatable bonds is 5. The lowest BCUT2D eigenvalue weighted by Crippen LogP contribution is -2.18. The number of anilines is 5. The van der Waals surface area contributed by atoms with Crippen LogP contribution in [0.3, 0.4) is 0 Å². The summed E-state index contributed by atoms with van der Waals surface area (Å²) < 4.78 is 43.9. The molecule has 1 aromatic heterocycles. The summed E-state index contributed by atoms with van der Waals surface area (Å²) in [6.45, 7) is 0. The van der Waals surface area contributed by atoms with E-state index in [1.165, 1.54) is 13.4 Å². The van der Waals surface area contributed by atoms with Crippen molar-refractivity contribution in [3.8, 4) is 0 Å². The van der Waals surface area contributed by atoms with Gasteiger partial charge in [-0.3, -0.25) is 0 Å². The van der Waals surface area contributed by atoms with E-state index in [1.807, 2.05) is 0 Å². The fraction of sp³-hybridized carbons (Fsp3) is 0.150. The Morgan fingerprint density at radius 1 is 1.19 bits per heavy atom. The minimum Gasteiger partial charge on any atom is -0.465 e. The molecule has 0 saturated heterocycles. The third-order valence-electron chi connectivity index (χ3n) is 4.40. The van der Waals surface area contributed by atoms with Gasteiger partial charge in [-0.1, -0.05) is 23.7 Å². The molecule has 3 rings (SSSR count). The number of nitrogen functional groups attached to an aromatic ring is 1. The number of aromatic nitrogens is 2. The number of nitrogens with two attached hydrogens (primary N) is 1. The zero-order chi connectivity index (χ0) is 22.8. The van der Waals surface area contributed by atoms with Crippen molar-refractivity contribution in [2.45, 2.75) is 6.18 Å². The van der Waals surface area contributed by atoms with Gasteiger partial charge < -0.3 is 20.7 Å². The standard InChI is InChI=1S/C20H17ClF3N5O2/c1-29(15-6-4-3-5-12(15)19(30)31-2)18-16(25)17(26-10-27-18)28-14-9-11(20(22,23)24)7-8-13(14)21/h3-10H,25H2,1-2H3,(H,26,27,28). The summed E-state index contributed by atoms with van der Waals surface area (Å²) in [5.41, 5.74) is 6.07. The Kier molecular flexibility index (Phi) is 6.21. The molecule has 0 amide bonds. The second-order valence-electron chi connectivity index (χ2n) is 6.34. The molecule has 31 heavy (non-hydrogen) atoms. The molecule has 0 fully saturated rings. The Labute approximate surface area is 180 Å². The van der Waals surface area contributed by atoms with Crippen LogP contribution in [0.5, 0.6) is 0 Å². The number of hydrogen-bond acceptors (Lipinski definition) is 7. The van der Waals surface area contributed by atoms with Crippen LogP contribution in [0.4, 0.5) is 41.9 Å². The number of hydrogen-bond donors (Lipinski definition) is 2. The number of carbonyl (C=O) groups is 1. The summed E-state index contributed by atoms with van der Waals surface area (Å²) in [5, 5.41) is 2.77. The molecule has 1 heterocycles. The minimum atomic E-state index is -4.54. The van der Waals surface area contributed by atoms with Crippen LogP contribution in [0, 0.1) is 0 Å². The van der Waals surface area contributed by atoms with E-state index in [-0.39, 0.29) is 33.6 Å². The average Bonchev–Trinajstić information content (AvgIpc) is 2.74. The van der Waals surface area contributed by atoms with E-state index < -0.39 is 17.7 Å². The maximum atomic E-state index is 13.0. The number of para-hydroxylation sites is 1. The largest absolute Gasteiger partial charge is 0.465 e. The molecule has 11 heteroatoms. The lowest BCUT2D eigenvalue weighted by atomic mass is 10.1. The van der Waals surface area contributed by atoms with Gasteiger partial charge in [0, 0.05) is 7.05 Å². The normalized spacial score (nSPS) is 11.2. The molecule has 0 spiro atoms. The fourth-order valence-electron chi connectivity index (χ4n) is 2.84. The first kappa shape index (κ1) is 22.2. The van der Waals surface area contributed by atoms with Gasteiger partial charge in [-0.25, -0.2) is 14.8 Å². The molecule has 0 radical (unpaired) electrons. The highest BCUT2D eigenvalue weighted by atomic mass is 35.5. The number of benzene rings is 2. The molecule has 2 aromatic carbocycles. The summed E-state index contributed by atoms with van der Waals surface area (Å²) in [6.07, 6.45) is -3.35. The average molecular weight is 452 g/mol. The van der Waals surface area contributed by atoms with Gasteiger partial charge in [0.25, 0.3) is 0 Å². The van der Waals surface area contributed by atoms with Crippen molar-refractivity contribution >= 4 is 46.3 Å². The first-order valence-corrected chi connectivity index (χ1v) is 9.16. The van der Waals surface area contributed by atoms with Crippen LogP contribution in [0.15, 0.2) is 48.8 Å². The predicted octanol–water partition coefficient (Wildman–Crippen LogP) is 5.03. The highest BCUT2D eigenvalue weighted by molar-refractivity contribution is 6.33. The highest BCUT2D eigenvalue weighted by Crippen LogP contribution is 2.37. The molecule has 3 aromatic rings. The fourth-order valence-corrected chi connectivity index (χ4v) is 3.01. The minimum absolute atomic E-state index is 0.0227. The molecule has 0 aliphatic heterocycles. The van der Waals surface area contributed by atoms with Gasteiger partial charge in [0.15, 0.2) is 11.6 Å². The molecular weight excluding hydrogens is 435 g/mol. The maximum absolute atomic E-state index is 13.0. The van der Waals surface area contributed by atoms with Crippen molar-refractivity contribution < 1.29 is 22.7 Å². The van der Waals surface area contributed by atoms with E-state index in [1.54, 1.807) is 36.2 Å². The van der Waals surface area contributed by atoms with Crippen LogP contribution in [0.25, 0.3) is 0 Å². The van der Waals surface area contributed by atoms with E-state index in [2.05, 4.69) is 15.3 Å². The van der Waals surface area contributed by atoms with Crippen LogP contribution in [-0.4, -0.2) is 30.1 Å². The smallest absolute Gasteiger partial charge is 0.416 e. The zero-order valence-electron chi connectivity index (χ0n) is 16.4. The highest BCUT2D eigenvalue weighted by Gasteiger charge is 2.31. The summed E-state index contributed by atoms with van der Waals surface area (Å²) in [6, 6.07) is 9.51. The van der Waals surface area contributed by atoms with Crippen LogP contribution in [0.1, 0.15) is 15.9 Å². The second-order valence-corrected chi connectivity index (χ2v) is 6.75. The van der Waals surface area contributed by atoms with Gasteiger partial charge in [0.1, 0.15) is 12.0 Å². The van der Waals surface area contributed by atoms with Crippen LogP contribution in [-0.2, 0) is 10.9 Å². The van der Waals surface area contributed by atoms with Crippen LogP contribution < -0.4 is 16.0 Å². The second kappa shape index (κ2) is 8.68. The Bertz CT molecular complexity index is 1120.